The van der Waals surface area contributed by atoms with Gasteiger partial charge in [-0.3, -0.25) is 4.90 Å². The fourth-order valence-corrected chi connectivity index (χ4v) is 3.52. The Bertz CT molecular complexity index is 540. The predicted molar refractivity (Wildman–Crippen MR) is 113 cm³/mol. The molecule has 0 spiro atoms. The summed E-state index contributed by atoms with van der Waals surface area (Å²) in [5.74, 6) is 0.584. The van der Waals surface area contributed by atoms with Crippen LogP contribution < -0.4 is 11.1 Å². The molecule has 0 bridgehead atoms. The fraction of sp³-hybridized carbons (Fsp3) is 0.632. The Hall–Kier alpha value is -0.860. The third-order valence-corrected chi connectivity index (χ3v) is 4.89. The summed E-state index contributed by atoms with van der Waals surface area (Å²) in [5, 5.41) is 3.38. The number of hydrogen-bond acceptors (Lipinski definition) is 3. The Morgan fingerprint density at radius 1 is 1.16 bits per heavy atom. The monoisotopic (exact) mass is 458 g/mol. The number of rotatable bonds is 5. The molecule has 1 aliphatic carbocycles. The van der Waals surface area contributed by atoms with Crippen molar-refractivity contribution in [2.45, 2.75) is 51.2 Å². The molecule has 3 N–H and O–H groups in total. The van der Waals surface area contributed by atoms with Gasteiger partial charge in [0.2, 0.25) is 0 Å². The van der Waals surface area contributed by atoms with Gasteiger partial charge in [0.15, 0.2) is 5.96 Å². The van der Waals surface area contributed by atoms with Crippen LogP contribution in [0.25, 0.3) is 0 Å². The van der Waals surface area contributed by atoms with Crippen molar-refractivity contribution in [2.24, 2.45) is 10.7 Å². The minimum absolute atomic E-state index is 0. The van der Waals surface area contributed by atoms with Crippen molar-refractivity contribution < 1.29 is 4.74 Å². The number of nitrogens with zero attached hydrogens (tertiary/aromatic N) is 2. The second-order valence-electron chi connectivity index (χ2n) is 6.89. The average molecular weight is 458 g/mol. The molecule has 0 amide bonds. The van der Waals surface area contributed by atoms with Crippen LogP contribution in [0.1, 0.15) is 43.2 Å². The molecular weight excluding hydrogens is 427 g/mol. The SMILES string of the molecule is I.NC(=NCc1cccc(CN2CCOCC2)c1)NC1CCCCC1. The summed E-state index contributed by atoms with van der Waals surface area (Å²) in [7, 11) is 0. The first-order chi connectivity index (χ1) is 11.8. The summed E-state index contributed by atoms with van der Waals surface area (Å²) in [6, 6.07) is 9.18. The number of guanidine groups is 1. The van der Waals surface area contributed by atoms with Crippen LogP contribution >= 0.6 is 24.0 Å². The maximum Gasteiger partial charge on any atom is 0.189 e. The Morgan fingerprint density at radius 2 is 1.88 bits per heavy atom. The summed E-state index contributed by atoms with van der Waals surface area (Å²) in [6.07, 6.45) is 6.38. The molecule has 0 unspecified atom stereocenters. The van der Waals surface area contributed by atoms with Crippen LogP contribution in [0.3, 0.4) is 0 Å². The van der Waals surface area contributed by atoms with E-state index in [-0.39, 0.29) is 24.0 Å². The first-order valence-corrected chi connectivity index (χ1v) is 9.24. The lowest BCUT2D eigenvalue weighted by Crippen LogP contribution is -2.41. The summed E-state index contributed by atoms with van der Waals surface area (Å²) in [4.78, 5) is 6.96. The molecule has 1 aromatic carbocycles. The van der Waals surface area contributed by atoms with E-state index >= 15 is 0 Å². The summed E-state index contributed by atoms with van der Waals surface area (Å²) in [5.41, 5.74) is 8.61. The molecule has 2 aliphatic rings. The Kier molecular flexibility index (Phi) is 8.98. The second kappa shape index (κ2) is 11.0. The van der Waals surface area contributed by atoms with Crippen LogP contribution in [0, 0.1) is 0 Å². The number of hydrogen-bond donors (Lipinski definition) is 2. The molecule has 140 valence electrons. The van der Waals surface area contributed by atoms with Crippen molar-refractivity contribution in [3.63, 3.8) is 0 Å². The van der Waals surface area contributed by atoms with Gasteiger partial charge in [-0.05, 0) is 24.0 Å². The molecule has 6 heteroatoms. The Morgan fingerprint density at radius 3 is 2.64 bits per heavy atom. The van der Waals surface area contributed by atoms with Gasteiger partial charge >= 0.3 is 0 Å². The summed E-state index contributed by atoms with van der Waals surface area (Å²) >= 11 is 0. The highest BCUT2D eigenvalue weighted by Crippen LogP contribution is 2.17. The average Bonchev–Trinajstić information content (AvgIpc) is 2.62. The highest BCUT2D eigenvalue weighted by molar-refractivity contribution is 14.0. The smallest absolute Gasteiger partial charge is 0.189 e. The Labute approximate surface area is 168 Å². The predicted octanol–water partition coefficient (Wildman–Crippen LogP) is 2.87. The molecule has 25 heavy (non-hydrogen) atoms. The lowest BCUT2D eigenvalue weighted by atomic mass is 9.96. The Balaban J connectivity index is 0.00000225. The minimum Gasteiger partial charge on any atom is -0.379 e. The molecule has 1 heterocycles. The molecule has 0 radical (unpaired) electrons. The number of ether oxygens (including phenoxy) is 1. The van der Waals surface area contributed by atoms with Crippen molar-refractivity contribution in [2.75, 3.05) is 26.3 Å². The van der Waals surface area contributed by atoms with E-state index in [1.54, 1.807) is 0 Å². The largest absolute Gasteiger partial charge is 0.379 e. The summed E-state index contributed by atoms with van der Waals surface area (Å²) in [6.45, 7) is 5.33. The van der Waals surface area contributed by atoms with Crippen LogP contribution in [-0.2, 0) is 17.8 Å². The van der Waals surface area contributed by atoms with Gasteiger partial charge < -0.3 is 15.8 Å². The first-order valence-electron chi connectivity index (χ1n) is 9.24. The molecule has 2 fully saturated rings. The maximum atomic E-state index is 6.06. The zero-order valence-corrected chi connectivity index (χ0v) is 17.3. The van der Waals surface area contributed by atoms with Crippen molar-refractivity contribution in [1.82, 2.24) is 10.2 Å². The van der Waals surface area contributed by atoms with Crippen LogP contribution in [0.5, 0.6) is 0 Å². The number of aliphatic imine (C=N–C) groups is 1. The van der Waals surface area contributed by atoms with E-state index in [0.29, 0.717) is 18.5 Å². The van der Waals surface area contributed by atoms with Crippen LogP contribution in [0.4, 0.5) is 0 Å². The molecule has 1 saturated heterocycles. The van der Waals surface area contributed by atoms with Crippen molar-refractivity contribution in [1.29, 1.82) is 0 Å². The van der Waals surface area contributed by atoms with Gasteiger partial charge in [-0.25, -0.2) is 4.99 Å². The van der Waals surface area contributed by atoms with Gasteiger partial charge in [0, 0.05) is 25.7 Å². The van der Waals surface area contributed by atoms with Crippen LogP contribution in [0.15, 0.2) is 29.3 Å². The van der Waals surface area contributed by atoms with Gasteiger partial charge in [-0.2, -0.15) is 0 Å². The lowest BCUT2D eigenvalue weighted by molar-refractivity contribution is 0.0342. The van der Waals surface area contributed by atoms with E-state index in [0.717, 1.165) is 32.8 Å². The van der Waals surface area contributed by atoms with Crippen molar-refractivity contribution in [3.8, 4) is 0 Å². The van der Waals surface area contributed by atoms with Gasteiger partial charge in [0.1, 0.15) is 0 Å². The first kappa shape index (κ1) is 20.5. The van der Waals surface area contributed by atoms with Crippen LogP contribution in [0.2, 0.25) is 0 Å². The number of halogens is 1. The maximum absolute atomic E-state index is 6.06. The molecular formula is C19H31IN4O. The molecule has 1 aliphatic heterocycles. The van der Waals surface area contributed by atoms with Gasteiger partial charge in [0.05, 0.1) is 19.8 Å². The van der Waals surface area contributed by atoms with E-state index < -0.39 is 0 Å². The fourth-order valence-electron chi connectivity index (χ4n) is 3.52. The van der Waals surface area contributed by atoms with Crippen LogP contribution in [-0.4, -0.2) is 43.2 Å². The van der Waals surface area contributed by atoms with Crippen molar-refractivity contribution in [3.05, 3.63) is 35.4 Å². The number of morpholine rings is 1. The third-order valence-electron chi connectivity index (χ3n) is 4.89. The number of nitrogens with two attached hydrogens (primary N) is 1. The van der Waals surface area contributed by atoms with E-state index in [1.165, 1.54) is 43.2 Å². The highest BCUT2D eigenvalue weighted by Gasteiger charge is 2.13. The van der Waals surface area contributed by atoms with E-state index in [9.17, 15) is 0 Å². The van der Waals surface area contributed by atoms with E-state index in [4.69, 9.17) is 10.5 Å². The molecule has 5 nitrogen and oxygen atoms in total. The molecule has 1 aromatic rings. The van der Waals surface area contributed by atoms with E-state index in [2.05, 4.69) is 39.5 Å². The van der Waals surface area contributed by atoms with Gasteiger partial charge in [-0.1, -0.05) is 43.5 Å². The molecule has 0 atom stereocenters. The zero-order valence-electron chi connectivity index (χ0n) is 15.0. The van der Waals surface area contributed by atoms with Gasteiger partial charge in [0.25, 0.3) is 0 Å². The zero-order chi connectivity index (χ0) is 16.6. The lowest BCUT2D eigenvalue weighted by Gasteiger charge is -2.26. The standard InChI is InChI=1S/C19H30N4O.HI/c20-19(22-18-7-2-1-3-8-18)21-14-16-5-4-6-17(13-16)15-23-9-11-24-12-10-23;/h4-6,13,18H,1-3,7-12,14-15H2,(H3,20,21,22);1H. The molecule has 0 aromatic heterocycles. The molecule has 3 rings (SSSR count). The number of benzene rings is 1. The van der Waals surface area contributed by atoms with Gasteiger partial charge in [-0.15, -0.1) is 24.0 Å². The summed E-state index contributed by atoms with van der Waals surface area (Å²) < 4.78 is 5.41. The second-order valence-corrected chi connectivity index (χ2v) is 6.89. The topological polar surface area (TPSA) is 62.9 Å². The highest BCUT2D eigenvalue weighted by atomic mass is 127. The van der Waals surface area contributed by atoms with Crippen molar-refractivity contribution >= 4 is 29.9 Å². The quantitative estimate of drug-likeness (QED) is 0.405. The third kappa shape index (κ3) is 7.11. The minimum atomic E-state index is 0. The number of nitrogens with one attached hydrogen (secondary N) is 1. The molecule has 1 saturated carbocycles. The normalized spacial score (nSPS) is 20.1. The van der Waals surface area contributed by atoms with E-state index in [1.807, 2.05) is 0 Å².